The summed E-state index contributed by atoms with van der Waals surface area (Å²) >= 11 is 0. The first-order valence-electron chi connectivity index (χ1n) is 11.2. The third kappa shape index (κ3) is 7.01. The minimum atomic E-state index is -1.25. The van der Waals surface area contributed by atoms with E-state index in [0.29, 0.717) is 25.0 Å². The van der Waals surface area contributed by atoms with Crippen molar-refractivity contribution in [2.75, 3.05) is 6.54 Å². The summed E-state index contributed by atoms with van der Waals surface area (Å²) in [5, 5.41) is 14.7. The van der Waals surface area contributed by atoms with Gasteiger partial charge in [0.15, 0.2) is 0 Å². The molecule has 0 radical (unpaired) electrons. The van der Waals surface area contributed by atoms with Crippen molar-refractivity contribution in [2.24, 2.45) is 17.4 Å². The van der Waals surface area contributed by atoms with Crippen LogP contribution in [0.2, 0.25) is 0 Å². The van der Waals surface area contributed by atoms with E-state index in [2.05, 4.69) is 20.6 Å². The summed E-state index contributed by atoms with van der Waals surface area (Å²) in [6, 6.07) is -4.32. The van der Waals surface area contributed by atoms with E-state index < -0.39 is 60.2 Å². The van der Waals surface area contributed by atoms with Crippen molar-refractivity contribution in [1.82, 2.24) is 25.5 Å². The highest BCUT2D eigenvalue weighted by Crippen LogP contribution is 2.21. The average Bonchev–Trinajstić information content (AvgIpc) is 3.47. The maximum Gasteiger partial charge on any atom is 0.326 e. The highest BCUT2D eigenvalue weighted by molar-refractivity contribution is 5.95. The minimum Gasteiger partial charge on any atom is -0.480 e. The summed E-state index contributed by atoms with van der Waals surface area (Å²) in [6.07, 6.45) is 3.96. The molecular weight excluding hydrogens is 446 g/mol. The van der Waals surface area contributed by atoms with Gasteiger partial charge in [0.1, 0.15) is 18.1 Å². The number of nitrogens with zero attached hydrogens (tertiary/aromatic N) is 2. The molecule has 8 N–H and O–H groups in total. The molecule has 13 heteroatoms. The number of nitrogens with one attached hydrogen (secondary N) is 3. The van der Waals surface area contributed by atoms with Crippen molar-refractivity contribution in [1.29, 1.82) is 0 Å². The number of carboxylic acid groups (broad SMARTS) is 1. The van der Waals surface area contributed by atoms with Crippen LogP contribution in [0.15, 0.2) is 12.5 Å². The molecule has 2 heterocycles. The number of carbonyl (C=O) groups is 5. The number of nitrogens with two attached hydrogens (primary N) is 2. The van der Waals surface area contributed by atoms with Crippen LogP contribution in [0.1, 0.15) is 45.2 Å². The zero-order chi connectivity index (χ0) is 25.4. The molecule has 188 valence electrons. The van der Waals surface area contributed by atoms with E-state index in [0.717, 1.165) is 0 Å². The quantitative estimate of drug-likeness (QED) is 0.202. The molecule has 4 amide bonds. The van der Waals surface area contributed by atoms with E-state index in [1.807, 2.05) is 6.92 Å². The first-order chi connectivity index (χ1) is 16.0. The molecule has 0 aliphatic carbocycles. The van der Waals surface area contributed by atoms with Crippen molar-refractivity contribution >= 4 is 29.6 Å². The number of likely N-dealkylation sites (tertiary alicyclic amines) is 1. The maximum absolute atomic E-state index is 13.3. The molecule has 34 heavy (non-hydrogen) atoms. The van der Waals surface area contributed by atoms with E-state index in [9.17, 15) is 29.1 Å². The van der Waals surface area contributed by atoms with E-state index in [1.165, 1.54) is 17.4 Å². The SMILES string of the molecule is CCC(C)C(NC(=O)C(Cc1cnc[nH]1)NC(=O)C(N)CC(N)=O)C(=O)N1CCCC1C(=O)O. The molecule has 1 aromatic rings. The highest BCUT2D eigenvalue weighted by Gasteiger charge is 2.40. The fraction of sp³-hybridized carbons (Fsp3) is 0.619. The van der Waals surface area contributed by atoms with Gasteiger partial charge in [0.25, 0.3) is 0 Å². The lowest BCUT2D eigenvalue weighted by Crippen LogP contribution is -2.59. The van der Waals surface area contributed by atoms with Gasteiger partial charge in [0.2, 0.25) is 23.6 Å². The molecule has 0 spiro atoms. The van der Waals surface area contributed by atoms with E-state index >= 15 is 0 Å². The lowest BCUT2D eigenvalue weighted by Gasteiger charge is -2.31. The minimum absolute atomic E-state index is 0.0176. The van der Waals surface area contributed by atoms with Crippen molar-refractivity contribution in [3.8, 4) is 0 Å². The fourth-order valence-corrected chi connectivity index (χ4v) is 3.82. The third-order valence-corrected chi connectivity index (χ3v) is 5.97. The smallest absolute Gasteiger partial charge is 0.326 e. The fourth-order valence-electron chi connectivity index (χ4n) is 3.82. The monoisotopic (exact) mass is 479 g/mol. The van der Waals surface area contributed by atoms with Gasteiger partial charge in [-0.1, -0.05) is 20.3 Å². The lowest BCUT2D eigenvalue weighted by atomic mass is 9.96. The van der Waals surface area contributed by atoms with Crippen LogP contribution in [0, 0.1) is 5.92 Å². The Bertz CT molecular complexity index is 890. The second kappa shape index (κ2) is 12.1. The number of carbonyl (C=O) groups excluding carboxylic acids is 4. The maximum atomic E-state index is 13.3. The molecule has 1 fully saturated rings. The Morgan fingerprint density at radius 3 is 2.53 bits per heavy atom. The predicted molar refractivity (Wildman–Crippen MR) is 120 cm³/mol. The number of aliphatic carboxylic acids is 1. The van der Waals surface area contributed by atoms with Crippen LogP contribution >= 0.6 is 0 Å². The molecule has 1 aromatic heterocycles. The van der Waals surface area contributed by atoms with Crippen LogP contribution in [0.3, 0.4) is 0 Å². The zero-order valence-electron chi connectivity index (χ0n) is 19.3. The topological polar surface area (TPSA) is 214 Å². The Balaban J connectivity index is 2.22. The largest absolute Gasteiger partial charge is 0.480 e. The molecule has 1 aliphatic heterocycles. The summed E-state index contributed by atoms with van der Waals surface area (Å²) < 4.78 is 0. The Morgan fingerprint density at radius 2 is 1.97 bits per heavy atom. The van der Waals surface area contributed by atoms with Crippen molar-refractivity contribution < 1.29 is 29.1 Å². The molecule has 0 saturated carbocycles. The zero-order valence-corrected chi connectivity index (χ0v) is 19.3. The van der Waals surface area contributed by atoms with Gasteiger partial charge >= 0.3 is 5.97 Å². The molecule has 0 bridgehead atoms. The van der Waals surface area contributed by atoms with Gasteiger partial charge in [0.05, 0.1) is 18.8 Å². The number of H-pyrrole nitrogens is 1. The first-order valence-corrected chi connectivity index (χ1v) is 11.2. The van der Waals surface area contributed by atoms with Gasteiger partial charge in [-0.15, -0.1) is 0 Å². The van der Waals surface area contributed by atoms with Crippen LogP contribution in [0.5, 0.6) is 0 Å². The van der Waals surface area contributed by atoms with Gasteiger partial charge in [-0.05, 0) is 18.8 Å². The summed E-state index contributed by atoms with van der Waals surface area (Å²) in [7, 11) is 0. The van der Waals surface area contributed by atoms with Gasteiger partial charge in [0, 0.05) is 24.9 Å². The van der Waals surface area contributed by atoms with Crippen LogP contribution < -0.4 is 22.1 Å². The Kier molecular flexibility index (Phi) is 9.54. The number of primary amides is 1. The van der Waals surface area contributed by atoms with Crippen LogP contribution in [0.4, 0.5) is 0 Å². The Hall–Kier alpha value is -3.48. The van der Waals surface area contributed by atoms with Gasteiger partial charge in [-0.3, -0.25) is 19.2 Å². The molecule has 0 aromatic carbocycles. The summed E-state index contributed by atoms with van der Waals surface area (Å²) in [4.78, 5) is 69.7. The molecule has 13 nitrogen and oxygen atoms in total. The molecular formula is C21H33N7O6. The molecule has 5 atom stereocenters. The van der Waals surface area contributed by atoms with Crippen LogP contribution in [-0.2, 0) is 30.4 Å². The van der Waals surface area contributed by atoms with Gasteiger partial charge in [-0.2, -0.15) is 0 Å². The number of aromatic amines is 1. The lowest BCUT2D eigenvalue weighted by molar-refractivity contribution is -0.150. The van der Waals surface area contributed by atoms with Gasteiger partial charge < -0.3 is 37.1 Å². The standard InChI is InChI=1S/C21H33N7O6/c1-3-11(2)17(20(32)28-6-4-5-15(28)21(33)34)27-19(31)14(7-12-9-24-10-25-12)26-18(30)13(22)8-16(23)29/h9-11,13-15,17H,3-8,22H2,1-2H3,(H2,23,29)(H,24,25)(H,26,30)(H,27,31)(H,33,34). The van der Waals surface area contributed by atoms with Crippen LogP contribution in [0.25, 0.3) is 0 Å². The Labute approximate surface area is 197 Å². The normalized spacial score (nSPS) is 19.0. The summed E-state index contributed by atoms with van der Waals surface area (Å²) in [6.45, 7) is 3.91. The number of hydrogen-bond acceptors (Lipinski definition) is 7. The molecule has 1 aliphatic rings. The summed E-state index contributed by atoms with van der Waals surface area (Å²) in [5.74, 6) is -4.04. The average molecular weight is 480 g/mol. The van der Waals surface area contributed by atoms with Crippen molar-refractivity contribution in [2.45, 2.75) is 70.1 Å². The van der Waals surface area contributed by atoms with E-state index in [1.54, 1.807) is 6.92 Å². The van der Waals surface area contributed by atoms with Crippen LogP contribution in [-0.4, -0.2) is 80.3 Å². The van der Waals surface area contributed by atoms with Gasteiger partial charge in [-0.25, -0.2) is 9.78 Å². The van der Waals surface area contributed by atoms with E-state index in [-0.39, 0.29) is 18.9 Å². The number of hydrogen-bond donors (Lipinski definition) is 6. The number of rotatable bonds is 12. The molecule has 1 saturated heterocycles. The molecule has 2 rings (SSSR count). The first kappa shape index (κ1) is 26.8. The Morgan fingerprint density at radius 1 is 1.26 bits per heavy atom. The predicted octanol–water partition coefficient (Wildman–Crippen LogP) is -1.75. The third-order valence-electron chi connectivity index (χ3n) is 5.97. The number of amides is 4. The number of carboxylic acids is 1. The van der Waals surface area contributed by atoms with Crippen molar-refractivity contribution in [3.05, 3.63) is 18.2 Å². The molecule has 5 unspecified atom stereocenters. The van der Waals surface area contributed by atoms with E-state index in [4.69, 9.17) is 11.5 Å². The highest BCUT2D eigenvalue weighted by atomic mass is 16.4. The number of imidazole rings is 1. The summed E-state index contributed by atoms with van der Waals surface area (Å²) in [5.41, 5.74) is 11.3. The van der Waals surface area contributed by atoms with Crippen molar-refractivity contribution in [3.63, 3.8) is 0 Å². The second-order valence-electron chi connectivity index (χ2n) is 8.52. The number of aromatic nitrogens is 2. The second-order valence-corrected chi connectivity index (χ2v) is 8.52.